The van der Waals surface area contributed by atoms with E-state index in [1.165, 1.54) is 0 Å². The number of rotatable bonds is 6. The Morgan fingerprint density at radius 1 is 1.08 bits per heavy atom. The van der Waals surface area contributed by atoms with E-state index in [-0.39, 0.29) is 5.57 Å². The second-order valence-corrected chi connectivity index (χ2v) is 5.75. The van der Waals surface area contributed by atoms with Gasteiger partial charge in [0.05, 0.1) is 0 Å². The quantitative estimate of drug-likeness (QED) is 0.630. The lowest BCUT2D eigenvalue weighted by Gasteiger charge is -2.20. The third-order valence-electron chi connectivity index (χ3n) is 4.01. The predicted octanol–water partition coefficient (Wildman–Crippen LogP) is 4.39. The van der Waals surface area contributed by atoms with E-state index in [1.807, 2.05) is 61.5 Å². The molecule has 1 amide bonds. The average Bonchev–Trinajstić information content (AvgIpc) is 2.63. The number of carbonyl (C=O) groups is 1. The van der Waals surface area contributed by atoms with Gasteiger partial charge in [-0.15, -0.1) is 0 Å². The number of nitrogens with one attached hydrogen (secondary N) is 1. The topological polar surface area (TPSA) is 56.1 Å². The molecule has 4 nitrogen and oxygen atoms in total. The first-order chi connectivity index (χ1) is 12.1. The van der Waals surface area contributed by atoms with Crippen LogP contribution in [0, 0.1) is 18.3 Å². The summed E-state index contributed by atoms with van der Waals surface area (Å²) in [5, 5.41) is 12.1. The minimum Gasteiger partial charge on any atom is -0.372 e. The van der Waals surface area contributed by atoms with E-state index in [9.17, 15) is 10.1 Å². The molecular formula is C21H23N3O. The van der Waals surface area contributed by atoms with Crippen LogP contribution >= 0.6 is 0 Å². The van der Waals surface area contributed by atoms with Crippen LogP contribution < -0.4 is 10.2 Å². The third kappa shape index (κ3) is 4.95. The van der Waals surface area contributed by atoms with Crippen molar-refractivity contribution in [3.8, 4) is 6.07 Å². The molecule has 128 valence electrons. The number of aryl methyl sites for hydroxylation is 1. The van der Waals surface area contributed by atoms with E-state index >= 15 is 0 Å². The highest BCUT2D eigenvalue weighted by Gasteiger charge is 2.09. The Kier molecular flexibility index (Phi) is 6.36. The van der Waals surface area contributed by atoms with Gasteiger partial charge in [0.1, 0.15) is 11.6 Å². The van der Waals surface area contributed by atoms with Crippen LogP contribution in [0.1, 0.15) is 25.0 Å². The van der Waals surface area contributed by atoms with Crippen molar-refractivity contribution in [2.75, 3.05) is 23.3 Å². The SMILES string of the molecule is CCN(CC)c1ccc(/C=C(/C#N)C(=O)Nc2ccc(C)cc2)cc1. The largest absolute Gasteiger partial charge is 0.372 e. The lowest BCUT2D eigenvalue weighted by Crippen LogP contribution is -2.21. The maximum absolute atomic E-state index is 12.3. The van der Waals surface area contributed by atoms with Crippen molar-refractivity contribution in [1.82, 2.24) is 0 Å². The molecule has 0 heterocycles. The van der Waals surface area contributed by atoms with Crippen molar-refractivity contribution < 1.29 is 4.79 Å². The summed E-state index contributed by atoms with van der Waals surface area (Å²) in [6.45, 7) is 8.08. The zero-order valence-corrected chi connectivity index (χ0v) is 14.9. The number of amides is 1. The van der Waals surface area contributed by atoms with E-state index in [4.69, 9.17) is 0 Å². The van der Waals surface area contributed by atoms with Gasteiger partial charge in [-0.3, -0.25) is 4.79 Å². The Balaban J connectivity index is 2.14. The molecular weight excluding hydrogens is 310 g/mol. The molecule has 0 unspecified atom stereocenters. The van der Waals surface area contributed by atoms with Crippen molar-refractivity contribution >= 4 is 23.4 Å². The molecule has 0 fully saturated rings. The first kappa shape index (κ1) is 18.3. The molecule has 2 aromatic carbocycles. The van der Waals surface area contributed by atoms with Gasteiger partial charge in [-0.2, -0.15) is 5.26 Å². The van der Waals surface area contributed by atoms with Gasteiger partial charge < -0.3 is 10.2 Å². The van der Waals surface area contributed by atoms with Gasteiger partial charge in [0.2, 0.25) is 0 Å². The Morgan fingerprint density at radius 3 is 2.20 bits per heavy atom. The van der Waals surface area contributed by atoms with Crippen LogP contribution in [0.2, 0.25) is 0 Å². The summed E-state index contributed by atoms with van der Waals surface area (Å²) in [6, 6.07) is 17.3. The summed E-state index contributed by atoms with van der Waals surface area (Å²) in [7, 11) is 0. The molecule has 2 aromatic rings. The molecule has 1 N–H and O–H groups in total. The number of nitriles is 1. The molecule has 0 aliphatic carbocycles. The molecule has 0 atom stereocenters. The van der Waals surface area contributed by atoms with Crippen LogP contribution in [0.15, 0.2) is 54.1 Å². The molecule has 25 heavy (non-hydrogen) atoms. The van der Waals surface area contributed by atoms with Crippen molar-refractivity contribution in [2.45, 2.75) is 20.8 Å². The summed E-state index contributed by atoms with van der Waals surface area (Å²) >= 11 is 0. The van der Waals surface area contributed by atoms with Crippen molar-refractivity contribution in [3.63, 3.8) is 0 Å². The van der Waals surface area contributed by atoms with E-state index in [2.05, 4.69) is 24.1 Å². The van der Waals surface area contributed by atoms with Crippen LogP contribution in [0.25, 0.3) is 6.08 Å². The molecule has 0 aliphatic heterocycles. The van der Waals surface area contributed by atoms with Crippen LogP contribution in [0.4, 0.5) is 11.4 Å². The normalized spacial score (nSPS) is 10.9. The van der Waals surface area contributed by atoms with Gasteiger partial charge in [-0.25, -0.2) is 0 Å². The summed E-state index contributed by atoms with van der Waals surface area (Å²) < 4.78 is 0. The first-order valence-corrected chi connectivity index (χ1v) is 8.42. The van der Waals surface area contributed by atoms with Gasteiger partial charge in [-0.1, -0.05) is 29.8 Å². The number of hydrogen-bond acceptors (Lipinski definition) is 3. The van der Waals surface area contributed by atoms with Gasteiger partial charge in [0, 0.05) is 24.5 Å². The Hall–Kier alpha value is -3.06. The van der Waals surface area contributed by atoms with E-state index in [0.717, 1.165) is 29.9 Å². The zero-order chi connectivity index (χ0) is 18.2. The fraction of sp³-hybridized carbons (Fsp3) is 0.238. The van der Waals surface area contributed by atoms with Crippen molar-refractivity contribution in [2.24, 2.45) is 0 Å². The maximum Gasteiger partial charge on any atom is 0.266 e. The second-order valence-electron chi connectivity index (χ2n) is 5.75. The monoisotopic (exact) mass is 333 g/mol. The molecule has 0 spiro atoms. The number of hydrogen-bond donors (Lipinski definition) is 1. The summed E-state index contributed by atoms with van der Waals surface area (Å²) in [5.74, 6) is -0.404. The van der Waals surface area contributed by atoms with Gasteiger partial charge in [0.25, 0.3) is 5.91 Å². The summed E-state index contributed by atoms with van der Waals surface area (Å²) in [5.41, 5.74) is 3.82. The standard InChI is InChI=1S/C21H23N3O/c1-4-24(5-2)20-12-8-17(9-13-20)14-18(15-22)21(25)23-19-10-6-16(3)7-11-19/h6-14H,4-5H2,1-3H3,(H,23,25)/b18-14-. The highest BCUT2D eigenvalue weighted by molar-refractivity contribution is 6.09. The van der Waals surface area contributed by atoms with Crippen LogP contribution in [-0.2, 0) is 4.79 Å². The summed E-state index contributed by atoms with van der Waals surface area (Å²) in [6.07, 6.45) is 1.61. The smallest absolute Gasteiger partial charge is 0.266 e. The van der Waals surface area contributed by atoms with E-state index in [1.54, 1.807) is 6.08 Å². The minimum absolute atomic E-state index is 0.0798. The third-order valence-corrected chi connectivity index (χ3v) is 4.01. The van der Waals surface area contributed by atoms with E-state index < -0.39 is 5.91 Å². The zero-order valence-electron chi connectivity index (χ0n) is 14.9. The minimum atomic E-state index is -0.404. The van der Waals surface area contributed by atoms with Crippen LogP contribution in [0.5, 0.6) is 0 Å². The highest BCUT2D eigenvalue weighted by atomic mass is 16.1. The lowest BCUT2D eigenvalue weighted by atomic mass is 10.1. The molecule has 4 heteroatoms. The van der Waals surface area contributed by atoms with Gasteiger partial charge in [-0.05, 0) is 56.7 Å². The van der Waals surface area contributed by atoms with Crippen LogP contribution in [0.3, 0.4) is 0 Å². The van der Waals surface area contributed by atoms with Crippen molar-refractivity contribution in [1.29, 1.82) is 5.26 Å². The summed E-state index contributed by atoms with van der Waals surface area (Å²) in [4.78, 5) is 14.5. The Bertz CT molecular complexity index is 779. The molecule has 2 rings (SSSR count). The van der Waals surface area contributed by atoms with Gasteiger partial charge >= 0.3 is 0 Å². The molecule has 0 aromatic heterocycles. The Morgan fingerprint density at radius 2 is 1.68 bits per heavy atom. The fourth-order valence-corrected chi connectivity index (χ4v) is 2.52. The van der Waals surface area contributed by atoms with E-state index in [0.29, 0.717) is 5.69 Å². The maximum atomic E-state index is 12.3. The average molecular weight is 333 g/mol. The number of anilines is 2. The number of nitrogens with zero attached hydrogens (tertiary/aromatic N) is 2. The van der Waals surface area contributed by atoms with Crippen molar-refractivity contribution in [3.05, 3.63) is 65.2 Å². The first-order valence-electron chi connectivity index (χ1n) is 8.42. The molecule has 0 aliphatic rings. The van der Waals surface area contributed by atoms with Crippen LogP contribution in [-0.4, -0.2) is 19.0 Å². The molecule has 0 saturated carbocycles. The number of carbonyl (C=O) groups excluding carboxylic acids is 1. The van der Waals surface area contributed by atoms with Gasteiger partial charge in [0.15, 0.2) is 0 Å². The predicted molar refractivity (Wildman–Crippen MR) is 103 cm³/mol. The fourth-order valence-electron chi connectivity index (χ4n) is 2.52. The number of benzene rings is 2. The Labute approximate surface area is 149 Å². The second kappa shape index (κ2) is 8.70. The molecule has 0 bridgehead atoms. The lowest BCUT2D eigenvalue weighted by molar-refractivity contribution is -0.112. The molecule has 0 saturated heterocycles. The highest BCUT2D eigenvalue weighted by Crippen LogP contribution is 2.17. The molecule has 0 radical (unpaired) electrons.